The lowest BCUT2D eigenvalue weighted by atomic mass is 9.93. The number of nitrogens with zero attached hydrogens (tertiary/aromatic N) is 4. The van der Waals surface area contributed by atoms with E-state index in [4.69, 9.17) is 30.7 Å². The number of thiophene rings is 1. The third-order valence-electron chi connectivity index (χ3n) is 10.1. The van der Waals surface area contributed by atoms with Gasteiger partial charge >= 0.3 is 5.76 Å². The molecule has 10 nitrogen and oxygen atoms in total. The van der Waals surface area contributed by atoms with Crippen LogP contribution < -0.4 is 15.8 Å². The Bertz CT molecular complexity index is 2390. The van der Waals surface area contributed by atoms with E-state index in [0.717, 1.165) is 68.8 Å². The summed E-state index contributed by atoms with van der Waals surface area (Å²) < 4.78 is 25.9. The highest BCUT2D eigenvalue weighted by Gasteiger charge is 2.45. The largest absolute Gasteiger partial charge is 0.495 e. The van der Waals surface area contributed by atoms with Crippen molar-refractivity contribution in [2.75, 3.05) is 19.0 Å². The molecule has 2 N–H and O–H groups in total. The molecule has 4 aromatic heterocycles. The molecule has 1 amide bonds. The standard InChI is InChI=1S/C37H30ClFN6O4S/c1-48-32-22-10-13-24(21(22)9-11-23(32)38)42-34-33-19(14-15-40-34)17-27(50-33)29-28(35-43-44-37(47)49-35)25(12-6-18-4-7-20(39)8-5-18)41-31-26-3-2-16-45(26)36(46)30(29)31/h4-5,7-9,11,14-15,17,24,26H,2-3,6,10,12-13,16H2,1H3,(H,40,42)(H,44,47). The molecule has 1 fully saturated rings. The second-order valence-corrected chi connectivity index (χ2v) is 14.3. The molecule has 2 unspecified atom stereocenters. The van der Waals surface area contributed by atoms with Gasteiger partial charge in [0.1, 0.15) is 17.4 Å². The molecule has 50 heavy (non-hydrogen) atoms. The van der Waals surface area contributed by atoms with E-state index in [9.17, 15) is 14.0 Å². The minimum atomic E-state index is -0.704. The van der Waals surface area contributed by atoms with Gasteiger partial charge in [0, 0.05) is 28.7 Å². The van der Waals surface area contributed by atoms with Crippen molar-refractivity contribution in [1.29, 1.82) is 0 Å². The molecule has 13 heteroatoms. The summed E-state index contributed by atoms with van der Waals surface area (Å²) in [4.78, 5) is 39.1. The predicted molar refractivity (Wildman–Crippen MR) is 188 cm³/mol. The van der Waals surface area contributed by atoms with Crippen LogP contribution in [0.1, 0.15) is 69.8 Å². The number of anilines is 1. The first kappa shape index (κ1) is 30.9. The normalized spacial score (nSPS) is 17.7. The highest BCUT2D eigenvalue weighted by atomic mass is 35.5. The monoisotopic (exact) mass is 708 g/mol. The number of amides is 1. The van der Waals surface area contributed by atoms with Crippen LogP contribution in [-0.2, 0) is 19.3 Å². The SMILES string of the molecule is COc1c(Cl)ccc2c1CCC2Nc1nccc2cc(-c3c4c(nc(CCc5ccc(F)cc5)c3-c3n[nH]c(=O)o3)C3CCCN3C4=O)sc12. The summed E-state index contributed by atoms with van der Waals surface area (Å²) in [6.45, 7) is 0.653. The Morgan fingerprint density at radius 2 is 1.96 bits per heavy atom. The first-order valence-corrected chi connectivity index (χ1v) is 17.8. The molecule has 252 valence electrons. The van der Waals surface area contributed by atoms with Crippen LogP contribution >= 0.6 is 22.9 Å². The second kappa shape index (κ2) is 12.1. The summed E-state index contributed by atoms with van der Waals surface area (Å²) in [6, 6.07) is 14.2. The topological polar surface area (TPSA) is 126 Å². The number of pyridine rings is 2. The van der Waals surface area contributed by atoms with E-state index in [2.05, 4.69) is 21.6 Å². The molecule has 2 atom stereocenters. The average molecular weight is 709 g/mol. The maximum Gasteiger partial charge on any atom is 0.434 e. The van der Waals surface area contributed by atoms with E-state index in [1.165, 1.54) is 23.5 Å². The Kier molecular flexibility index (Phi) is 7.47. The minimum absolute atomic E-state index is 0.00528. The van der Waals surface area contributed by atoms with Crippen molar-refractivity contribution < 1.29 is 18.3 Å². The summed E-state index contributed by atoms with van der Waals surface area (Å²) in [5, 5.41) is 11.9. The first-order chi connectivity index (χ1) is 24.4. The second-order valence-electron chi connectivity index (χ2n) is 12.8. The average Bonchev–Trinajstić information content (AvgIpc) is 3.96. The number of halogens is 2. The van der Waals surface area contributed by atoms with Gasteiger partial charge in [-0.2, -0.15) is 0 Å². The van der Waals surface area contributed by atoms with Crippen LogP contribution in [0, 0.1) is 5.82 Å². The number of H-pyrrole nitrogens is 1. The number of fused-ring (bicyclic) bond motifs is 5. The molecule has 0 radical (unpaired) electrons. The van der Waals surface area contributed by atoms with Crippen molar-refractivity contribution in [3.63, 3.8) is 0 Å². The van der Waals surface area contributed by atoms with E-state index >= 15 is 0 Å². The minimum Gasteiger partial charge on any atom is -0.495 e. The molecule has 1 saturated heterocycles. The van der Waals surface area contributed by atoms with Crippen molar-refractivity contribution in [2.24, 2.45) is 0 Å². The maximum absolute atomic E-state index is 14.2. The van der Waals surface area contributed by atoms with E-state index in [-0.39, 0.29) is 29.7 Å². The molecular weight excluding hydrogens is 679 g/mol. The van der Waals surface area contributed by atoms with Gasteiger partial charge in [0.15, 0.2) is 0 Å². The van der Waals surface area contributed by atoms with Crippen LogP contribution in [0.5, 0.6) is 5.75 Å². The van der Waals surface area contributed by atoms with Crippen LogP contribution in [-0.4, -0.2) is 44.6 Å². The Hall–Kier alpha value is -5.07. The van der Waals surface area contributed by atoms with Crippen LogP contribution in [0.2, 0.25) is 5.02 Å². The van der Waals surface area contributed by atoms with Crippen LogP contribution in [0.25, 0.3) is 32.0 Å². The van der Waals surface area contributed by atoms with Gasteiger partial charge in [-0.05, 0) is 85.4 Å². The molecule has 3 aliphatic rings. The number of nitrogens with one attached hydrogen (secondary N) is 2. The molecule has 6 aromatic rings. The first-order valence-electron chi connectivity index (χ1n) is 16.6. The lowest BCUT2D eigenvalue weighted by Gasteiger charge is -2.16. The zero-order valence-electron chi connectivity index (χ0n) is 26.9. The number of aromatic amines is 1. The predicted octanol–water partition coefficient (Wildman–Crippen LogP) is 7.68. The number of ether oxygens (including phenoxy) is 1. The van der Waals surface area contributed by atoms with Crippen LogP contribution in [0.4, 0.5) is 10.2 Å². The van der Waals surface area contributed by atoms with E-state index in [1.54, 1.807) is 25.4 Å². The quantitative estimate of drug-likeness (QED) is 0.165. The number of methoxy groups -OCH3 is 1. The zero-order chi connectivity index (χ0) is 34.1. The smallest absolute Gasteiger partial charge is 0.434 e. The van der Waals surface area contributed by atoms with Crippen molar-refractivity contribution >= 4 is 44.7 Å². The van der Waals surface area contributed by atoms with Gasteiger partial charge in [0.25, 0.3) is 11.8 Å². The van der Waals surface area contributed by atoms with Gasteiger partial charge in [-0.3, -0.25) is 9.78 Å². The van der Waals surface area contributed by atoms with E-state index in [1.807, 2.05) is 23.1 Å². The van der Waals surface area contributed by atoms with Gasteiger partial charge in [-0.1, -0.05) is 29.8 Å². The fourth-order valence-corrected chi connectivity index (χ4v) is 9.25. The van der Waals surface area contributed by atoms with E-state index in [0.29, 0.717) is 52.5 Å². The fourth-order valence-electron chi connectivity index (χ4n) is 7.83. The molecule has 0 spiro atoms. The third kappa shape index (κ3) is 4.99. The third-order valence-corrected chi connectivity index (χ3v) is 11.5. The van der Waals surface area contributed by atoms with Crippen LogP contribution in [0.3, 0.4) is 0 Å². The number of rotatable bonds is 8. The molecule has 2 aromatic carbocycles. The van der Waals surface area contributed by atoms with Crippen molar-refractivity contribution in [3.8, 4) is 27.6 Å². The molecule has 2 aliphatic heterocycles. The van der Waals surface area contributed by atoms with Gasteiger partial charge in [-0.25, -0.2) is 19.3 Å². The van der Waals surface area contributed by atoms with Gasteiger partial charge in [-0.15, -0.1) is 16.4 Å². The Labute approximate surface area is 294 Å². The highest BCUT2D eigenvalue weighted by Crippen LogP contribution is 2.51. The van der Waals surface area contributed by atoms with Crippen LogP contribution in [0.15, 0.2) is 63.9 Å². The number of benzene rings is 2. The molecule has 6 heterocycles. The number of carbonyl (C=O) groups is 1. The fraction of sp³-hybridized carbons (Fsp3) is 0.270. The zero-order valence-corrected chi connectivity index (χ0v) is 28.5. The number of hydrogen-bond donors (Lipinski definition) is 2. The summed E-state index contributed by atoms with van der Waals surface area (Å²) in [5.74, 6) is 0.413. The molecule has 1 aliphatic carbocycles. The van der Waals surface area contributed by atoms with Gasteiger partial charge in [0.05, 0.1) is 51.4 Å². The van der Waals surface area contributed by atoms with Crippen molar-refractivity contribution in [1.82, 2.24) is 25.1 Å². The number of aryl methyl sites for hydroxylation is 2. The summed E-state index contributed by atoms with van der Waals surface area (Å²) in [6.07, 6.45) is 6.18. The number of aromatic nitrogens is 4. The van der Waals surface area contributed by atoms with Gasteiger partial charge in [0.2, 0.25) is 0 Å². The molecule has 0 bridgehead atoms. The number of carbonyl (C=O) groups excluding carboxylic acids is 1. The van der Waals surface area contributed by atoms with Gasteiger partial charge < -0.3 is 19.4 Å². The van der Waals surface area contributed by atoms with E-state index < -0.39 is 5.76 Å². The molecule has 0 saturated carbocycles. The number of hydrogen-bond acceptors (Lipinski definition) is 9. The van der Waals surface area contributed by atoms with Crippen molar-refractivity contribution in [3.05, 3.63) is 110 Å². The highest BCUT2D eigenvalue weighted by molar-refractivity contribution is 7.23. The molecular formula is C37H30ClFN6O4S. The molecule has 9 rings (SSSR count). The Balaban J connectivity index is 1.20. The summed E-state index contributed by atoms with van der Waals surface area (Å²) in [7, 11) is 1.64. The lowest BCUT2D eigenvalue weighted by molar-refractivity contribution is 0.0776. The van der Waals surface area contributed by atoms with Crippen molar-refractivity contribution in [2.45, 2.75) is 50.6 Å². The summed E-state index contributed by atoms with van der Waals surface area (Å²) >= 11 is 7.95. The maximum atomic E-state index is 14.2. The Morgan fingerprint density at radius 3 is 2.76 bits per heavy atom. The lowest BCUT2D eigenvalue weighted by Crippen LogP contribution is -2.22. The Morgan fingerprint density at radius 1 is 1.10 bits per heavy atom. The summed E-state index contributed by atoms with van der Waals surface area (Å²) in [5.41, 5.74) is 6.22.